The van der Waals surface area contributed by atoms with Gasteiger partial charge in [-0.2, -0.15) is 11.8 Å². The van der Waals surface area contributed by atoms with Crippen molar-refractivity contribution in [1.82, 2.24) is 9.80 Å². The van der Waals surface area contributed by atoms with Gasteiger partial charge in [0.15, 0.2) is 0 Å². The predicted octanol–water partition coefficient (Wildman–Crippen LogP) is 9.76. The Labute approximate surface area is 303 Å². The molecule has 0 amide bonds. The van der Waals surface area contributed by atoms with Crippen LogP contribution in [0.3, 0.4) is 0 Å². The Bertz CT molecular complexity index is 552. The summed E-state index contributed by atoms with van der Waals surface area (Å²) in [4.78, 5) is 24.3. The second kappa shape index (κ2) is 52.3. The van der Waals surface area contributed by atoms with Crippen LogP contribution in [0, 0.1) is 0 Å². The maximum absolute atomic E-state index is 10.0. The molecule has 0 aromatic rings. The van der Waals surface area contributed by atoms with Crippen LogP contribution in [0.2, 0.25) is 0 Å². The topological polar surface area (TPSA) is 59.1 Å². The lowest BCUT2D eigenvalue weighted by Gasteiger charge is -2.28. The molecule has 0 aliphatic carbocycles. The molecule has 1 atom stereocenters. The summed E-state index contributed by atoms with van der Waals surface area (Å²) in [5.74, 6) is 1.78. The Hall–Kier alpha value is -0.510. The van der Waals surface area contributed by atoms with E-state index in [-0.39, 0.29) is 11.6 Å². The number of hydrogen-bond acceptors (Lipinski definition) is 7. The fourth-order valence-electron chi connectivity index (χ4n) is 2.87. The van der Waals surface area contributed by atoms with E-state index in [1.807, 2.05) is 46.4 Å². The minimum absolute atomic E-state index is 0.255. The zero-order valence-corrected chi connectivity index (χ0v) is 37.0. The van der Waals surface area contributed by atoms with Crippen molar-refractivity contribution in [3.8, 4) is 0 Å². The van der Waals surface area contributed by atoms with E-state index in [9.17, 15) is 9.59 Å². The van der Waals surface area contributed by atoms with E-state index < -0.39 is 0 Å². The minimum atomic E-state index is 0.255. The molecule has 1 saturated heterocycles. The Morgan fingerprint density at radius 1 is 0.809 bits per heavy atom. The third-order valence-corrected chi connectivity index (χ3v) is 7.44. The van der Waals surface area contributed by atoms with E-state index in [0.29, 0.717) is 12.5 Å². The number of ketones is 2. The monoisotopic (exact) mass is 699 g/mol. The van der Waals surface area contributed by atoms with Gasteiger partial charge in [-0.05, 0) is 114 Å². The maximum atomic E-state index is 10.0. The second-order valence-corrected chi connectivity index (χ2v) is 14.3. The third kappa shape index (κ3) is 92.6. The Morgan fingerprint density at radius 2 is 1.19 bits per heavy atom. The van der Waals surface area contributed by atoms with Crippen molar-refractivity contribution in [2.24, 2.45) is 0 Å². The van der Waals surface area contributed by atoms with Crippen LogP contribution in [0.25, 0.3) is 0 Å². The number of methoxy groups -OCH3 is 2. The van der Waals surface area contributed by atoms with Gasteiger partial charge >= 0.3 is 0 Å². The van der Waals surface area contributed by atoms with Gasteiger partial charge in [-0.1, -0.05) is 53.9 Å². The van der Waals surface area contributed by atoms with Crippen LogP contribution in [-0.4, -0.2) is 133 Å². The largest absolute Gasteiger partial charge is 0.385 e. The van der Waals surface area contributed by atoms with Crippen molar-refractivity contribution >= 4 is 23.3 Å². The van der Waals surface area contributed by atoms with Gasteiger partial charge in [-0.25, -0.2) is 0 Å². The fraction of sp³-hybridized carbons (Fsp3) is 0.949. The summed E-state index contributed by atoms with van der Waals surface area (Å²) in [7, 11) is 16.5. The highest BCUT2D eigenvalue weighted by atomic mass is 32.2. The van der Waals surface area contributed by atoms with Gasteiger partial charge in [0.25, 0.3) is 0 Å². The van der Waals surface area contributed by atoms with Crippen LogP contribution in [0.15, 0.2) is 0 Å². The summed E-state index contributed by atoms with van der Waals surface area (Å²) in [5.41, 5.74) is 0. The number of thioether (sulfide) groups is 1. The lowest BCUT2D eigenvalue weighted by atomic mass is 10.2. The average molecular weight is 699 g/mol. The van der Waals surface area contributed by atoms with Crippen LogP contribution in [0.4, 0.5) is 0 Å². The van der Waals surface area contributed by atoms with Gasteiger partial charge in [0, 0.05) is 46.5 Å². The number of carbonyl (C=O) groups excluding carboxylic acids is 2. The number of likely N-dealkylation sites (tertiary alicyclic amines) is 1. The summed E-state index contributed by atoms with van der Waals surface area (Å²) in [6.07, 6.45) is 14.4. The molecule has 0 N–H and O–H groups in total. The Kier molecular flexibility index (Phi) is 68.7. The summed E-state index contributed by atoms with van der Waals surface area (Å²) < 4.78 is 10.5. The molecule has 0 bridgehead atoms. The first-order chi connectivity index (χ1) is 21.8. The number of ether oxygens (including phenoxy) is 2. The number of nitrogens with zero attached hydrogens (tertiary/aromatic N) is 3. The zero-order valence-electron chi connectivity index (χ0n) is 36.1. The van der Waals surface area contributed by atoms with Crippen molar-refractivity contribution in [3.05, 3.63) is 0 Å². The first-order valence-electron chi connectivity index (χ1n) is 18.4. The SMILES string of the molecule is CC1CCC[N+]1(C)C.CCC(C)=O.CCCC(C)=O.CCCCCN(C)C.CCCCN(C)C.CCOC.CCSC.COC(C)C. The van der Waals surface area contributed by atoms with Crippen LogP contribution in [0.5, 0.6) is 0 Å². The zero-order chi connectivity index (χ0) is 38.7. The highest BCUT2D eigenvalue weighted by Gasteiger charge is 2.29. The molecule has 0 aromatic carbocycles. The summed E-state index contributed by atoms with van der Waals surface area (Å²) in [6, 6.07) is 0.898. The molecular weight excluding hydrogens is 607 g/mol. The molecule has 1 unspecified atom stereocenters. The molecule has 47 heavy (non-hydrogen) atoms. The van der Waals surface area contributed by atoms with Gasteiger partial charge < -0.3 is 33.3 Å². The smallest absolute Gasteiger partial charge is 0.129 e. The van der Waals surface area contributed by atoms with Gasteiger partial charge in [-0.15, -0.1) is 0 Å². The highest BCUT2D eigenvalue weighted by molar-refractivity contribution is 7.98. The van der Waals surface area contributed by atoms with E-state index in [0.717, 1.165) is 25.5 Å². The van der Waals surface area contributed by atoms with E-state index >= 15 is 0 Å². The number of carbonyl (C=O) groups is 2. The summed E-state index contributed by atoms with van der Waals surface area (Å²) >= 11 is 1.86. The van der Waals surface area contributed by atoms with E-state index in [1.54, 1.807) is 28.1 Å². The van der Waals surface area contributed by atoms with Crippen LogP contribution < -0.4 is 0 Å². The minimum Gasteiger partial charge on any atom is -0.385 e. The molecule has 0 saturated carbocycles. The quantitative estimate of drug-likeness (QED) is 0.140. The van der Waals surface area contributed by atoms with Crippen LogP contribution in [-0.2, 0) is 19.1 Å². The lowest BCUT2D eigenvalue weighted by Crippen LogP contribution is -2.41. The molecule has 1 rings (SSSR count). The van der Waals surface area contributed by atoms with Gasteiger partial charge in [0.05, 0.1) is 32.8 Å². The van der Waals surface area contributed by atoms with E-state index in [2.05, 4.69) is 90.8 Å². The lowest BCUT2D eigenvalue weighted by molar-refractivity contribution is -0.900. The van der Waals surface area contributed by atoms with Crippen LogP contribution in [0.1, 0.15) is 140 Å². The Balaban J connectivity index is -0.0000000789. The molecule has 0 spiro atoms. The number of Topliss-reactive ketones (excluding diaryl/α,β-unsaturated/α-hetero) is 2. The average Bonchev–Trinajstić information content (AvgIpc) is 3.32. The standard InChI is InChI=1S/C7H16N.C7H17N.C6H15N.C5H10O.C4H10O.C4H8O.C3H8O.C3H8S/c1-7-5-4-6-8(7,2)3;1-4-5-6-7-8(2)3;1-4-5-6-7(2)3;1-3-4-5(2)6;1-4(2)5-3;1-3-4(2)5;2*1-3-4-2/h7H,4-6H2,1-3H3;4-7H2,1-3H3;4-6H2,1-3H3;3-4H2,1-2H3;4H,1-3H3;3H2,1-2H3;2*3H2,1-2H3/q+1;;;;;;;. The predicted molar refractivity (Wildman–Crippen MR) is 218 cm³/mol. The maximum Gasteiger partial charge on any atom is 0.129 e. The molecule has 292 valence electrons. The Morgan fingerprint density at radius 3 is 1.30 bits per heavy atom. The fourth-order valence-corrected chi connectivity index (χ4v) is 2.87. The first kappa shape index (κ1) is 61.7. The molecule has 0 aromatic heterocycles. The molecule has 1 heterocycles. The normalized spacial score (nSPS) is 13.6. The van der Waals surface area contributed by atoms with Crippen molar-refractivity contribution in [3.63, 3.8) is 0 Å². The van der Waals surface area contributed by atoms with E-state index in [1.165, 1.54) is 74.8 Å². The van der Waals surface area contributed by atoms with Gasteiger partial charge in [-0.3, -0.25) is 0 Å². The van der Waals surface area contributed by atoms with Crippen molar-refractivity contribution in [2.75, 3.05) is 94.8 Å². The number of quaternary nitrogens is 1. The second-order valence-electron chi connectivity index (χ2n) is 13.1. The third-order valence-electron chi connectivity index (χ3n) is 6.87. The molecule has 1 aliphatic heterocycles. The van der Waals surface area contributed by atoms with Crippen molar-refractivity contribution < 1.29 is 23.5 Å². The molecule has 7 nitrogen and oxygen atoms in total. The summed E-state index contributed by atoms with van der Waals surface area (Å²) in [5, 5.41) is 0. The van der Waals surface area contributed by atoms with Crippen LogP contribution >= 0.6 is 11.8 Å². The molecule has 1 fully saturated rings. The molecule has 0 radical (unpaired) electrons. The van der Waals surface area contributed by atoms with Gasteiger partial charge in [0.1, 0.15) is 11.6 Å². The summed E-state index contributed by atoms with van der Waals surface area (Å²) in [6.45, 7) is 26.6. The number of rotatable bonds is 13. The van der Waals surface area contributed by atoms with Gasteiger partial charge in [0.2, 0.25) is 0 Å². The highest BCUT2D eigenvalue weighted by Crippen LogP contribution is 2.20. The molecular formula is C39H92N3O4S+. The molecule has 1 aliphatic rings. The first-order valence-corrected chi connectivity index (χ1v) is 19.8. The number of hydrogen-bond donors (Lipinski definition) is 0. The molecule has 8 heteroatoms. The van der Waals surface area contributed by atoms with Crippen molar-refractivity contribution in [1.29, 1.82) is 0 Å². The number of unbranched alkanes of at least 4 members (excludes halogenated alkanes) is 3. The van der Waals surface area contributed by atoms with Crippen molar-refractivity contribution in [2.45, 2.75) is 153 Å². The van der Waals surface area contributed by atoms with E-state index in [4.69, 9.17) is 4.74 Å².